The van der Waals surface area contributed by atoms with Gasteiger partial charge in [0, 0.05) is 13.1 Å². The smallest absolute Gasteiger partial charge is 0.0946 e. The van der Waals surface area contributed by atoms with Crippen LogP contribution in [0, 0.1) is 0 Å². The minimum atomic E-state index is 1.01. The van der Waals surface area contributed by atoms with Crippen molar-refractivity contribution < 1.29 is 0 Å². The first-order valence-electron chi connectivity index (χ1n) is 3.11. The summed E-state index contributed by atoms with van der Waals surface area (Å²) in [5, 5.41) is 6.40. The van der Waals surface area contributed by atoms with Gasteiger partial charge < -0.3 is 10.6 Å². The van der Waals surface area contributed by atoms with Crippen molar-refractivity contribution in [3.63, 3.8) is 0 Å². The third-order valence-corrected chi connectivity index (χ3v) is 1.18. The molecule has 0 aliphatic carbocycles. The van der Waals surface area contributed by atoms with Crippen LogP contribution in [0.2, 0.25) is 0 Å². The van der Waals surface area contributed by atoms with Gasteiger partial charge >= 0.3 is 0 Å². The number of hydrogen-bond acceptors (Lipinski definition) is 2. The maximum absolute atomic E-state index is 3.21. The van der Waals surface area contributed by atoms with Crippen LogP contribution in [0.1, 0.15) is 13.3 Å². The first kappa shape index (κ1) is 5.48. The van der Waals surface area contributed by atoms with E-state index in [1.54, 1.807) is 0 Å². The van der Waals surface area contributed by atoms with E-state index in [2.05, 4.69) is 23.6 Å². The first-order chi connectivity index (χ1) is 3.93. The van der Waals surface area contributed by atoms with E-state index in [4.69, 9.17) is 0 Å². The molecule has 0 saturated heterocycles. The molecule has 0 radical (unpaired) electrons. The molecule has 46 valence electrons. The average Bonchev–Trinajstić information content (AvgIpc) is 2.19. The van der Waals surface area contributed by atoms with Crippen LogP contribution in [0.25, 0.3) is 0 Å². The minimum absolute atomic E-state index is 1.01. The second kappa shape index (κ2) is 2.60. The molecule has 1 aliphatic heterocycles. The van der Waals surface area contributed by atoms with Crippen molar-refractivity contribution in [2.75, 3.05) is 13.1 Å². The summed E-state index contributed by atoms with van der Waals surface area (Å²) in [6.45, 7) is 4.21. The lowest BCUT2D eigenvalue weighted by Gasteiger charge is -2.02. The largest absolute Gasteiger partial charge is 0.372 e. The van der Waals surface area contributed by atoms with Gasteiger partial charge in [-0.3, -0.25) is 0 Å². The maximum atomic E-state index is 3.21. The van der Waals surface area contributed by atoms with Gasteiger partial charge in [0.2, 0.25) is 0 Å². The van der Waals surface area contributed by atoms with Crippen LogP contribution >= 0.6 is 0 Å². The predicted molar refractivity (Wildman–Crippen MR) is 34.4 cm³/mol. The van der Waals surface area contributed by atoms with Gasteiger partial charge in [-0.05, 0) is 19.4 Å². The Morgan fingerprint density at radius 2 is 2.75 bits per heavy atom. The Kier molecular flexibility index (Phi) is 1.78. The molecule has 1 heterocycles. The van der Waals surface area contributed by atoms with Crippen molar-refractivity contribution in [1.82, 2.24) is 10.6 Å². The summed E-state index contributed by atoms with van der Waals surface area (Å²) < 4.78 is 0. The molecule has 0 aromatic heterocycles. The molecule has 0 atom stereocenters. The molecule has 2 heteroatoms. The van der Waals surface area contributed by atoms with Crippen molar-refractivity contribution in [3.05, 3.63) is 11.9 Å². The summed E-state index contributed by atoms with van der Waals surface area (Å²) in [5.74, 6) is 1.20. The minimum Gasteiger partial charge on any atom is -0.372 e. The normalized spacial score (nSPS) is 17.4. The summed E-state index contributed by atoms with van der Waals surface area (Å²) in [4.78, 5) is 0. The molecule has 0 aromatic carbocycles. The molecular formula is C6H12N2. The van der Waals surface area contributed by atoms with Crippen LogP contribution in [0.5, 0.6) is 0 Å². The van der Waals surface area contributed by atoms with Gasteiger partial charge in [-0.25, -0.2) is 0 Å². The van der Waals surface area contributed by atoms with Crippen molar-refractivity contribution >= 4 is 0 Å². The maximum Gasteiger partial charge on any atom is 0.0946 e. The molecular weight excluding hydrogens is 100 g/mol. The third-order valence-electron chi connectivity index (χ3n) is 1.18. The first-order valence-corrected chi connectivity index (χ1v) is 3.11. The Balaban J connectivity index is 2.23. The Morgan fingerprint density at radius 3 is 3.25 bits per heavy atom. The molecule has 1 aliphatic rings. The highest BCUT2D eigenvalue weighted by molar-refractivity contribution is 5.02. The zero-order valence-corrected chi connectivity index (χ0v) is 5.20. The van der Waals surface area contributed by atoms with E-state index in [9.17, 15) is 0 Å². The van der Waals surface area contributed by atoms with Crippen molar-refractivity contribution in [1.29, 1.82) is 0 Å². The molecule has 8 heavy (non-hydrogen) atoms. The molecule has 0 bridgehead atoms. The van der Waals surface area contributed by atoms with Crippen LogP contribution in [-0.4, -0.2) is 13.1 Å². The second-order valence-corrected chi connectivity index (χ2v) is 1.86. The summed E-state index contributed by atoms with van der Waals surface area (Å²) in [7, 11) is 0. The zero-order chi connectivity index (χ0) is 5.82. The van der Waals surface area contributed by atoms with Gasteiger partial charge in [0.05, 0.1) is 5.82 Å². The fourth-order valence-electron chi connectivity index (χ4n) is 0.821. The monoisotopic (exact) mass is 112 g/mol. The molecule has 0 unspecified atom stereocenters. The van der Waals surface area contributed by atoms with Gasteiger partial charge in [-0.15, -0.1) is 0 Å². The zero-order valence-electron chi connectivity index (χ0n) is 5.20. The van der Waals surface area contributed by atoms with Crippen LogP contribution < -0.4 is 10.6 Å². The summed E-state index contributed by atoms with van der Waals surface area (Å²) in [6, 6.07) is 0. The lowest BCUT2D eigenvalue weighted by atomic mass is 10.5. The Hall–Kier alpha value is -0.660. The van der Waals surface area contributed by atoms with Gasteiger partial charge in [0.25, 0.3) is 0 Å². The molecule has 2 nitrogen and oxygen atoms in total. The van der Waals surface area contributed by atoms with Crippen LogP contribution in [-0.2, 0) is 0 Å². The number of hydrogen-bond donors (Lipinski definition) is 2. The van der Waals surface area contributed by atoms with Crippen LogP contribution in [0.3, 0.4) is 0 Å². The van der Waals surface area contributed by atoms with E-state index in [0.717, 1.165) is 13.1 Å². The highest BCUT2D eigenvalue weighted by Crippen LogP contribution is 1.94. The molecule has 0 aromatic rings. The Labute approximate surface area is 50.0 Å². The lowest BCUT2D eigenvalue weighted by Crippen LogP contribution is -2.22. The Bertz CT molecular complexity index is 96.7. The van der Waals surface area contributed by atoms with Gasteiger partial charge in [0.1, 0.15) is 0 Å². The van der Waals surface area contributed by atoms with E-state index in [1.807, 2.05) is 0 Å². The Morgan fingerprint density at radius 1 is 1.88 bits per heavy atom. The topological polar surface area (TPSA) is 24.1 Å². The predicted octanol–water partition coefficient (Wildman–Crippen LogP) is 0.431. The van der Waals surface area contributed by atoms with E-state index in [-0.39, 0.29) is 0 Å². The molecule has 2 N–H and O–H groups in total. The molecule has 0 saturated carbocycles. The SMILES string of the molecule is CCNC1=CCCN1. The van der Waals surface area contributed by atoms with Gasteiger partial charge in [0.15, 0.2) is 0 Å². The molecule has 0 spiro atoms. The summed E-state index contributed by atoms with van der Waals surface area (Å²) in [6.07, 6.45) is 3.35. The average molecular weight is 112 g/mol. The third kappa shape index (κ3) is 1.15. The number of rotatable bonds is 2. The summed E-state index contributed by atoms with van der Waals surface area (Å²) in [5.41, 5.74) is 0. The van der Waals surface area contributed by atoms with Gasteiger partial charge in [-0.1, -0.05) is 0 Å². The highest BCUT2D eigenvalue weighted by atomic mass is 15.1. The van der Waals surface area contributed by atoms with Crippen LogP contribution in [0.4, 0.5) is 0 Å². The van der Waals surface area contributed by atoms with E-state index in [1.165, 1.54) is 12.2 Å². The fourth-order valence-corrected chi connectivity index (χ4v) is 0.821. The molecule has 0 amide bonds. The van der Waals surface area contributed by atoms with E-state index >= 15 is 0 Å². The van der Waals surface area contributed by atoms with E-state index in [0.29, 0.717) is 0 Å². The second-order valence-electron chi connectivity index (χ2n) is 1.86. The van der Waals surface area contributed by atoms with Crippen molar-refractivity contribution in [2.45, 2.75) is 13.3 Å². The lowest BCUT2D eigenvalue weighted by molar-refractivity contribution is 0.749. The van der Waals surface area contributed by atoms with Crippen LogP contribution in [0.15, 0.2) is 11.9 Å². The van der Waals surface area contributed by atoms with E-state index < -0.39 is 0 Å². The molecule has 0 fully saturated rings. The standard InChI is InChI=1S/C6H12N2/c1-2-7-6-4-3-5-8-6/h4,7-8H,2-3,5H2,1H3. The molecule has 1 rings (SSSR count). The van der Waals surface area contributed by atoms with Crippen molar-refractivity contribution in [2.24, 2.45) is 0 Å². The number of nitrogens with one attached hydrogen (secondary N) is 2. The van der Waals surface area contributed by atoms with Crippen molar-refractivity contribution in [3.8, 4) is 0 Å². The quantitative estimate of drug-likeness (QED) is 0.541. The highest BCUT2D eigenvalue weighted by Gasteiger charge is 1.97. The summed E-state index contributed by atoms with van der Waals surface area (Å²) >= 11 is 0. The van der Waals surface area contributed by atoms with Gasteiger partial charge in [-0.2, -0.15) is 0 Å². The fraction of sp³-hybridized carbons (Fsp3) is 0.667.